The van der Waals surface area contributed by atoms with Crippen LogP contribution in [0, 0.1) is 5.92 Å². The number of aromatic nitrogens is 1. The van der Waals surface area contributed by atoms with E-state index in [9.17, 15) is 4.79 Å². The fraction of sp³-hybridized carbons (Fsp3) is 0.538. The van der Waals surface area contributed by atoms with Gasteiger partial charge in [0.2, 0.25) is 0 Å². The Morgan fingerprint density at radius 3 is 2.67 bits per heavy atom. The van der Waals surface area contributed by atoms with Gasteiger partial charge in [-0.1, -0.05) is 43.5 Å². The van der Waals surface area contributed by atoms with Crippen LogP contribution in [0.1, 0.15) is 37.6 Å². The van der Waals surface area contributed by atoms with Crippen LogP contribution in [0.25, 0.3) is 0 Å². The van der Waals surface area contributed by atoms with Gasteiger partial charge in [-0.05, 0) is 18.9 Å². The lowest BCUT2D eigenvalue weighted by molar-refractivity contribution is 0.0741. The molecule has 0 saturated heterocycles. The van der Waals surface area contributed by atoms with E-state index < -0.39 is 0 Å². The summed E-state index contributed by atoms with van der Waals surface area (Å²) < 4.78 is 0. The fourth-order valence-electron chi connectivity index (χ4n) is 1.61. The molecule has 0 aliphatic carbocycles. The first-order valence-corrected chi connectivity index (χ1v) is 6.85. The van der Waals surface area contributed by atoms with Crippen LogP contribution in [0.3, 0.4) is 0 Å². The number of halogens is 2. The van der Waals surface area contributed by atoms with Crippen molar-refractivity contribution in [2.45, 2.75) is 27.2 Å². The number of rotatable bonds is 5. The largest absolute Gasteiger partial charge is 0.339 e. The number of amides is 1. The average molecular weight is 289 g/mol. The fourth-order valence-corrected chi connectivity index (χ4v) is 1.95. The van der Waals surface area contributed by atoms with E-state index in [0.29, 0.717) is 23.0 Å². The Morgan fingerprint density at radius 1 is 1.44 bits per heavy atom. The minimum Gasteiger partial charge on any atom is -0.339 e. The van der Waals surface area contributed by atoms with Gasteiger partial charge in [-0.2, -0.15) is 0 Å². The molecule has 0 fully saturated rings. The zero-order valence-corrected chi connectivity index (χ0v) is 12.4. The van der Waals surface area contributed by atoms with Crippen LogP contribution in [0.5, 0.6) is 0 Å². The number of nitrogens with zero attached hydrogens (tertiary/aromatic N) is 2. The number of pyridine rings is 1. The molecule has 18 heavy (non-hydrogen) atoms. The van der Waals surface area contributed by atoms with Crippen molar-refractivity contribution >= 4 is 29.1 Å². The maximum absolute atomic E-state index is 12.4. The van der Waals surface area contributed by atoms with Gasteiger partial charge in [0.05, 0.1) is 10.6 Å². The van der Waals surface area contributed by atoms with Crippen LogP contribution in [0.4, 0.5) is 0 Å². The Labute approximate surface area is 118 Å². The molecule has 0 bridgehead atoms. The van der Waals surface area contributed by atoms with Crippen LogP contribution in [0.15, 0.2) is 12.3 Å². The van der Waals surface area contributed by atoms with Crippen LogP contribution < -0.4 is 0 Å². The average Bonchev–Trinajstić information content (AvgIpc) is 2.37. The van der Waals surface area contributed by atoms with Gasteiger partial charge in [-0.15, -0.1) is 0 Å². The summed E-state index contributed by atoms with van der Waals surface area (Å²) in [5, 5.41) is 0.620. The normalized spacial score (nSPS) is 12.3. The molecule has 100 valence electrons. The molecule has 0 spiro atoms. The SMILES string of the molecule is CCC(C)CN(CC)C(=O)c1cc(Cl)ncc1Cl. The Bertz CT molecular complexity index is 423. The standard InChI is InChI=1S/C13H18Cl2N2O/c1-4-9(3)8-17(5-2)13(18)10-6-12(15)16-7-11(10)14/h6-7,9H,4-5,8H2,1-3H3. The molecular weight excluding hydrogens is 271 g/mol. The smallest absolute Gasteiger partial charge is 0.255 e. The minimum atomic E-state index is -0.0906. The predicted octanol–water partition coefficient (Wildman–Crippen LogP) is 3.90. The van der Waals surface area contributed by atoms with Gasteiger partial charge in [-0.25, -0.2) is 4.98 Å². The predicted molar refractivity (Wildman–Crippen MR) is 75.3 cm³/mol. The molecule has 1 unspecified atom stereocenters. The zero-order valence-electron chi connectivity index (χ0n) is 10.9. The maximum atomic E-state index is 12.4. The first kappa shape index (κ1) is 15.3. The van der Waals surface area contributed by atoms with Crippen LogP contribution in [0.2, 0.25) is 10.2 Å². The summed E-state index contributed by atoms with van der Waals surface area (Å²) in [6.07, 6.45) is 2.45. The van der Waals surface area contributed by atoms with Gasteiger partial charge in [0.25, 0.3) is 5.91 Å². The molecule has 0 radical (unpaired) electrons. The van der Waals surface area contributed by atoms with E-state index in [-0.39, 0.29) is 11.1 Å². The van der Waals surface area contributed by atoms with Gasteiger partial charge in [-0.3, -0.25) is 4.79 Å². The monoisotopic (exact) mass is 288 g/mol. The second kappa shape index (κ2) is 6.95. The van der Waals surface area contributed by atoms with E-state index in [4.69, 9.17) is 23.2 Å². The van der Waals surface area contributed by atoms with Crippen molar-refractivity contribution in [1.82, 2.24) is 9.88 Å². The third kappa shape index (κ3) is 3.85. The molecule has 0 aromatic carbocycles. The quantitative estimate of drug-likeness (QED) is 0.770. The summed E-state index contributed by atoms with van der Waals surface area (Å²) in [4.78, 5) is 18.0. The van der Waals surface area contributed by atoms with Crippen molar-refractivity contribution in [3.05, 3.63) is 28.0 Å². The summed E-state index contributed by atoms with van der Waals surface area (Å²) in [5.74, 6) is 0.372. The van der Waals surface area contributed by atoms with E-state index in [1.165, 1.54) is 12.3 Å². The van der Waals surface area contributed by atoms with Crippen molar-refractivity contribution in [1.29, 1.82) is 0 Å². The highest BCUT2D eigenvalue weighted by Crippen LogP contribution is 2.20. The number of carbonyl (C=O) groups is 1. The number of hydrogen-bond acceptors (Lipinski definition) is 2. The highest BCUT2D eigenvalue weighted by molar-refractivity contribution is 6.35. The van der Waals surface area contributed by atoms with Crippen molar-refractivity contribution in [3.8, 4) is 0 Å². The summed E-state index contributed by atoms with van der Waals surface area (Å²) in [6, 6.07) is 1.52. The molecule has 0 aliphatic rings. The van der Waals surface area contributed by atoms with Gasteiger partial charge >= 0.3 is 0 Å². The molecule has 1 atom stereocenters. The van der Waals surface area contributed by atoms with E-state index in [0.717, 1.165) is 13.0 Å². The molecule has 0 N–H and O–H groups in total. The van der Waals surface area contributed by atoms with Crippen LogP contribution >= 0.6 is 23.2 Å². The van der Waals surface area contributed by atoms with Crippen LogP contribution in [-0.2, 0) is 0 Å². The summed E-state index contributed by atoms with van der Waals surface area (Å²) in [6.45, 7) is 7.56. The van der Waals surface area contributed by atoms with Gasteiger partial charge in [0, 0.05) is 19.3 Å². The summed E-state index contributed by atoms with van der Waals surface area (Å²) in [7, 11) is 0. The van der Waals surface area contributed by atoms with E-state index in [2.05, 4.69) is 18.8 Å². The topological polar surface area (TPSA) is 33.2 Å². The Balaban J connectivity index is 2.92. The zero-order chi connectivity index (χ0) is 13.7. The van der Waals surface area contributed by atoms with Crippen molar-refractivity contribution in [2.75, 3.05) is 13.1 Å². The first-order valence-electron chi connectivity index (χ1n) is 6.09. The Kier molecular flexibility index (Phi) is 5.89. The Morgan fingerprint density at radius 2 is 2.11 bits per heavy atom. The first-order chi connectivity index (χ1) is 8.49. The number of carbonyl (C=O) groups excluding carboxylic acids is 1. The van der Waals surface area contributed by atoms with E-state index >= 15 is 0 Å². The number of hydrogen-bond donors (Lipinski definition) is 0. The van der Waals surface area contributed by atoms with Crippen molar-refractivity contribution in [2.24, 2.45) is 5.92 Å². The molecular formula is C13H18Cl2N2O. The molecule has 1 amide bonds. The van der Waals surface area contributed by atoms with E-state index in [1.54, 1.807) is 4.90 Å². The molecule has 0 saturated carbocycles. The third-order valence-electron chi connectivity index (χ3n) is 2.95. The van der Waals surface area contributed by atoms with E-state index in [1.807, 2.05) is 6.92 Å². The third-order valence-corrected chi connectivity index (χ3v) is 3.46. The highest BCUT2D eigenvalue weighted by Gasteiger charge is 2.19. The molecule has 1 rings (SSSR count). The van der Waals surface area contributed by atoms with Crippen molar-refractivity contribution < 1.29 is 4.79 Å². The van der Waals surface area contributed by atoms with Gasteiger partial charge in [0.1, 0.15) is 5.15 Å². The van der Waals surface area contributed by atoms with Crippen LogP contribution in [-0.4, -0.2) is 28.9 Å². The molecule has 5 heteroatoms. The lowest BCUT2D eigenvalue weighted by atomic mass is 10.1. The van der Waals surface area contributed by atoms with Gasteiger partial charge < -0.3 is 4.90 Å². The molecule has 0 aliphatic heterocycles. The molecule has 1 aromatic heterocycles. The van der Waals surface area contributed by atoms with Crippen molar-refractivity contribution in [3.63, 3.8) is 0 Å². The molecule has 1 aromatic rings. The van der Waals surface area contributed by atoms with Gasteiger partial charge in [0.15, 0.2) is 0 Å². The Hall–Kier alpha value is -0.800. The second-order valence-electron chi connectivity index (χ2n) is 4.34. The highest BCUT2D eigenvalue weighted by atomic mass is 35.5. The maximum Gasteiger partial charge on any atom is 0.255 e. The lowest BCUT2D eigenvalue weighted by Crippen LogP contribution is -2.34. The summed E-state index contributed by atoms with van der Waals surface area (Å²) in [5.41, 5.74) is 0.418. The lowest BCUT2D eigenvalue weighted by Gasteiger charge is -2.24. The molecule has 1 heterocycles. The minimum absolute atomic E-state index is 0.0906. The summed E-state index contributed by atoms with van der Waals surface area (Å²) >= 11 is 11.8. The molecule has 3 nitrogen and oxygen atoms in total. The second-order valence-corrected chi connectivity index (χ2v) is 5.14.